The van der Waals surface area contributed by atoms with Crippen molar-refractivity contribution in [2.45, 2.75) is 64.1 Å². The quantitative estimate of drug-likeness (QED) is 0.720. The minimum absolute atomic E-state index is 0.646. The third-order valence-electron chi connectivity index (χ3n) is 4.16. The topological polar surface area (TPSA) is 15.3 Å². The fourth-order valence-electron chi connectivity index (χ4n) is 2.69. The summed E-state index contributed by atoms with van der Waals surface area (Å²) in [5.74, 6) is 1.25. The summed E-state index contributed by atoms with van der Waals surface area (Å²) in [6.45, 7) is 5.80. The van der Waals surface area contributed by atoms with Crippen LogP contribution in [-0.2, 0) is 0 Å². The summed E-state index contributed by atoms with van der Waals surface area (Å²) in [5.41, 5.74) is 0. The lowest BCUT2D eigenvalue weighted by atomic mass is 10.1. The van der Waals surface area contributed by atoms with Crippen LogP contribution in [0.2, 0.25) is 0 Å². The second-order valence-electron chi connectivity index (χ2n) is 5.42. The molecule has 0 amide bonds. The maximum absolute atomic E-state index is 3.73. The van der Waals surface area contributed by atoms with Crippen LogP contribution in [0.5, 0.6) is 0 Å². The van der Waals surface area contributed by atoms with Gasteiger partial charge in [0, 0.05) is 30.4 Å². The maximum Gasteiger partial charge on any atom is 0.0192 e. The average Bonchev–Trinajstić information content (AvgIpc) is 2.85. The fraction of sp³-hybridized carbons (Fsp3) is 1.00. The standard InChI is InChI=1S/C14H30N2S/c1-5-14(11-17-4)16(3)12(2)10-15-13-8-6-7-9-13/h12-15H,5-11H2,1-4H3. The molecule has 17 heavy (non-hydrogen) atoms. The molecule has 1 aliphatic rings. The van der Waals surface area contributed by atoms with E-state index in [2.05, 4.69) is 37.4 Å². The highest BCUT2D eigenvalue weighted by atomic mass is 32.2. The zero-order valence-electron chi connectivity index (χ0n) is 12.0. The first-order chi connectivity index (χ1) is 8.19. The first-order valence-electron chi connectivity index (χ1n) is 7.13. The monoisotopic (exact) mass is 258 g/mol. The number of thioether (sulfide) groups is 1. The summed E-state index contributed by atoms with van der Waals surface area (Å²) in [6, 6.07) is 2.17. The average molecular weight is 258 g/mol. The molecule has 3 heteroatoms. The molecule has 1 saturated carbocycles. The Bertz CT molecular complexity index is 193. The summed E-state index contributed by atoms with van der Waals surface area (Å²) in [6.07, 6.45) is 9.08. The molecule has 1 rings (SSSR count). The van der Waals surface area contributed by atoms with Gasteiger partial charge in [-0.05, 0) is 39.5 Å². The number of nitrogens with zero attached hydrogens (tertiary/aromatic N) is 1. The van der Waals surface area contributed by atoms with E-state index in [4.69, 9.17) is 0 Å². The molecule has 2 nitrogen and oxygen atoms in total. The molecule has 0 radical (unpaired) electrons. The minimum atomic E-state index is 0.646. The van der Waals surface area contributed by atoms with Crippen LogP contribution in [0, 0.1) is 0 Å². The van der Waals surface area contributed by atoms with E-state index in [1.165, 1.54) is 37.9 Å². The lowest BCUT2D eigenvalue weighted by molar-refractivity contribution is 0.187. The molecule has 0 aromatic carbocycles. The lowest BCUT2D eigenvalue weighted by Crippen LogP contribution is -2.46. The van der Waals surface area contributed by atoms with Gasteiger partial charge in [-0.15, -0.1) is 0 Å². The van der Waals surface area contributed by atoms with Gasteiger partial charge < -0.3 is 5.32 Å². The van der Waals surface area contributed by atoms with Crippen LogP contribution in [0.3, 0.4) is 0 Å². The van der Waals surface area contributed by atoms with Crippen molar-refractivity contribution in [2.24, 2.45) is 0 Å². The van der Waals surface area contributed by atoms with Crippen molar-refractivity contribution in [1.29, 1.82) is 0 Å². The van der Waals surface area contributed by atoms with Gasteiger partial charge in [0.1, 0.15) is 0 Å². The number of nitrogens with one attached hydrogen (secondary N) is 1. The Hall–Kier alpha value is 0.270. The van der Waals surface area contributed by atoms with Gasteiger partial charge >= 0.3 is 0 Å². The van der Waals surface area contributed by atoms with Crippen molar-refractivity contribution < 1.29 is 0 Å². The normalized spacial score (nSPS) is 21.0. The van der Waals surface area contributed by atoms with Crippen LogP contribution < -0.4 is 5.32 Å². The summed E-state index contributed by atoms with van der Waals surface area (Å²) >= 11 is 1.96. The predicted octanol–water partition coefficient (Wildman–Crippen LogP) is 2.98. The highest BCUT2D eigenvalue weighted by Gasteiger charge is 2.20. The zero-order chi connectivity index (χ0) is 12.7. The lowest BCUT2D eigenvalue weighted by Gasteiger charge is -2.33. The molecule has 1 aliphatic carbocycles. The fourth-order valence-corrected chi connectivity index (χ4v) is 3.54. The second kappa shape index (κ2) is 8.39. The molecule has 0 spiro atoms. The van der Waals surface area contributed by atoms with Crippen LogP contribution in [-0.4, -0.2) is 48.6 Å². The van der Waals surface area contributed by atoms with E-state index >= 15 is 0 Å². The highest BCUT2D eigenvalue weighted by molar-refractivity contribution is 7.98. The number of rotatable bonds is 8. The Balaban J connectivity index is 2.26. The molecule has 2 unspecified atom stereocenters. The van der Waals surface area contributed by atoms with E-state index in [-0.39, 0.29) is 0 Å². The van der Waals surface area contributed by atoms with Crippen molar-refractivity contribution in [3.8, 4) is 0 Å². The maximum atomic E-state index is 3.73. The third kappa shape index (κ3) is 5.19. The molecule has 0 bridgehead atoms. The van der Waals surface area contributed by atoms with E-state index in [1.807, 2.05) is 11.8 Å². The Kier molecular flexibility index (Phi) is 7.56. The summed E-state index contributed by atoms with van der Waals surface area (Å²) in [5, 5.41) is 3.73. The number of hydrogen-bond acceptors (Lipinski definition) is 3. The van der Waals surface area contributed by atoms with Crippen LogP contribution >= 0.6 is 11.8 Å². The molecule has 2 atom stereocenters. The van der Waals surface area contributed by atoms with Gasteiger partial charge in [0.15, 0.2) is 0 Å². The molecule has 0 aromatic heterocycles. The van der Waals surface area contributed by atoms with Gasteiger partial charge in [0.2, 0.25) is 0 Å². The molecule has 1 fully saturated rings. The van der Waals surface area contributed by atoms with Crippen molar-refractivity contribution in [2.75, 3.05) is 25.6 Å². The van der Waals surface area contributed by atoms with Crippen LogP contribution in [0.25, 0.3) is 0 Å². The molecule has 102 valence electrons. The molecular formula is C14H30N2S. The van der Waals surface area contributed by atoms with Crippen molar-refractivity contribution in [3.05, 3.63) is 0 Å². The van der Waals surface area contributed by atoms with Crippen molar-refractivity contribution in [1.82, 2.24) is 10.2 Å². The zero-order valence-corrected chi connectivity index (χ0v) is 12.9. The minimum Gasteiger partial charge on any atom is -0.312 e. The summed E-state index contributed by atoms with van der Waals surface area (Å²) in [4.78, 5) is 2.55. The molecule has 0 saturated heterocycles. The van der Waals surface area contributed by atoms with Gasteiger partial charge in [0.25, 0.3) is 0 Å². The summed E-state index contributed by atoms with van der Waals surface area (Å²) in [7, 11) is 2.28. The van der Waals surface area contributed by atoms with Gasteiger partial charge in [-0.25, -0.2) is 0 Å². The van der Waals surface area contributed by atoms with Crippen LogP contribution in [0.1, 0.15) is 46.0 Å². The molecular weight excluding hydrogens is 228 g/mol. The molecule has 0 aliphatic heterocycles. The Labute approximate surface area is 112 Å². The van der Waals surface area contributed by atoms with Crippen LogP contribution in [0.4, 0.5) is 0 Å². The Morgan fingerprint density at radius 2 is 2.00 bits per heavy atom. The molecule has 0 aromatic rings. The molecule has 1 N–H and O–H groups in total. The van der Waals surface area contributed by atoms with Gasteiger partial charge in [-0.1, -0.05) is 19.8 Å². The summed E-state index contributed by atoms with van der Waals surface area (Å²) < 4.78 is 0. The SMILES string of the molecule is CCC(CSC)N(C)C(C)CNC1CCCC1. The number of likely N-dealkylation sites (N-methyl/N-ethyl adjacent to an activating group) is 1. The van der Waals surface area contributed by atoms with E-state index in [0.29, 0.717) is 6.04 Å². The van der Waals surface area contributed by atoms with Gasteiger partial charge in [-0.2, -0.15) is 11.8 Å². The van der Waals surface area contributed by atoms with E-state index in [9.17, 15) is 0 Å². The van der Waals surface area contributed by atoms with Crippen LogP contribution in [0.15, 0.2) is 0 Å². The Morgan fingerprint density at radius 3 is 2.53 bits per heavy atom. The first kappa shape index (κ1) is 15.3. The largest absolute Gasteiger partial charge is 0.312 e. The van der Waals surface area contributed by atoms with E-state index in [1.54, 1.807) is 0 Å². The smallest absolute Gasteiger partial charge is 0.0192 e. The Morgan fingerprint density at radius 1 is 1.35 bits per heavy atom. The van der Waals surface area contributed by atoms with Gasteiger partial charge in [0.05, 0.1) is 0 Å². The first-order valence-corrected chi connectivity index (χ1v) is 8.52. The number of hydrogen-bond donors (Lipinski definition) is 1. The van der Waals surface area contributed by atoms with E-state index in [0.717, 1.165) is 18.6 Å². The highest BCUT2D eigenvalue weighted by Crippen LogP contribution is 2.18. The predicted molar refractivity (Wildman–Crippen MR) is 79.9 cm³/mol. The van der Waals surface area contributed by atoms with Crippen molar-refractivity contribution in [3.63, 3.8) is 0 Å². The second-order valence-corrected chi connectivity index (χ2v) is 6.33. The molecule has 0 heterocycles. The van der Waals surface area contributed by atoms with Gasteiger partial charge in [-0.3, -0.25) is 4.90 Å². The third-order valence-corrected chi connectivity index (χ3v) is 4.88. The van der Waals surface area contributed by atoms with E-state index < -0.39 is 0 Å². The van der Waals surface area contributed by atoms with Crippen molar-refractivity contribution >= 4 is 11.8 Å².